The number of fused-ring (bicyclic) bond motifs is 2. The molecule has 59 heavy (non-hydrogen) atoms. The van der Waals surface area contributed by atoms with Crippen LogP contribution in [0.2, 0.25) is 0 Å². The number of hydroxylamine groups is 2. The topological polar surface area (TPSA) is 133 Å². The van der Waals surface area contributed by atoms with Crippen molar-refractivity contribution < 1.29 is 27.6 Å². The first kappa shape index (κ1) is 44.4. The molecule has 322 valence electrons. The zero-order valence-corrected chi connectivity index (χ0v) is 37.7. The van der Waals surface area contributed by atoms with Gasteiger partial charge < -0.3 is 25.2 Å². The van der Waals surface area contributed by atoms with Gasteiger partial charge in [0.15, 0.2) is 0 Å². The summed E-state index contributed by atoms with van der Waals surface area (Å²) < 4.78 is 33.0. The number of hydrogen-bond acceptors (Lipinski definition) is 9. The molecule has 2 bridgehead atoms. The quantitative estimate of drug-likeness (QED) is 0.150. The Morgan fingerprint density at radius 3 is 2.34 bits per heavy atom. The molecule has 1 heterocycles. The number of carbonyl (C=O) groups is 2. The van der Waals surface area contributed by atoms with Crippen molar-refractivity contribution in [2.45, 2.75) is 91.1 Å². The lowest BCUT2D eigenvalue weighted by Gasteiger charge is -2.62. The number of nitrogens with one attached hydrogen (secondary N) is 3. The predicted molar refractivity (Wildman–Crippen MR) is 236 cm³/mol. The number of nitrogens with zero attached hydrogens (tertiary/aromatic N) is 3. The summed E-state index contributed by atoms with van der Waals surface area (Å²) in [6.45, 7) is 12.1. The van der Waals surface area contributed by atoms with E-state index < -0.39 is 16.1 Å². The molecule has 8 atom stereocenters. The van der Waals surface area contributed by atoms with E-state index in [2.05, 4.69) is 50.0 Å². The van der Waals surface area contributed by atoms with Crippen LogP contribution in [0, 0.1) is 29.1 Å². The molecular formula is C46H66N6O6S. The fourth-order valence-corrected chi connectivity index (χ4v) is 10.7. The number of anilines is 2. The lowest BCUT2D eigenvalue weighted by molar-refractivity contribution is -0.174. The Morgan fingerprint density at radius 1 is 1.00 bits per heavy atom. The number of benzene rings is 3. The zero-order chi connectivity index (χ0) is 43.0. The van der Waals surface area contributed by atoms with Gasteiger partial charge in [-0.3, -0.25) is 19.1 Å². The second-order valence-electron chi connectivity index (χ2n) is 18.3. The molecule has 0 unspecified atom stereocenters. The molecule has 3 aromatic carbocycles. The molecule has 1 saturated heterocycles. The van der Waals surface area contributed by atoms with Gasteiger partial charge in [0.25, 0.3) is 5.91 Å². The molecule has 3 saturated carbocycles. The van der Waals surface area contributed by atoms with E-state index in [-0.39, 0.29) is 35.9 Å². The van der Waals surface area contributed by atoms with Gasteiger partial charge in [-0.25, -0.2) is 8.42 Å². The van der Waals surface area contributed by atoms with E-state index >= 15 is 0 Å². The third-order valence-corrected chi connectivity index (χ3v) is 14.0. The number of hydrogen-bond donors (Lipinski definition) is 3. The summed E-state index contributed by atoms with van der Waals surface area (Å²) in [5, 5.41) is 8.59. The molecular weight excluding hydrogens is 765 g/mol. The number of likely N-dealkylation sites (N-methyl/N-ethyl adjacent to an activating group) is 1. The summed E-state index contributed by atoms with van der Waals surface area (Å²) in [4.78, 5) is 38.9. The molecule has 13 heteroatoms. The van der Waals surface area contributed by atoms with Crippen LogP contribution in [-0.4, -0.2) is 103 Å². The summed E-state index contributed by atoms with van der Waals surface area (Å²) in [7, 11) is 5.91. The van der Waals surface area contributed by atoms with Crippen molar-refractivity contribution in [2.75, 3.05) is 57.7 Å². The van der Waals surface area contributed by atoms with Crippen LogP contribution < -0.4 is 25.0 Å². The van der Waals surface area contributed by atoms with E-state index in [4.69, 9.17) is 9.57 Å². The number of ether oxygens (including phenoxy) is 1. The minimum Gasteiger partial charge on any atom is -0.496 e. The van der Waals surface area contributed by atoms with Gasteiger partial charge in [0.1, 0.15) is 11.8 Å². The number of para-hydroxylation sites is 2. The van der Waals surface area contributed by atoms with Crippen LogP contribution >= 0.6 is 0 Å². The average molecular weight is 831 g/mol. The molecule has 0 radical (unpaired) electrons. The van der Waals surface area contributed by atoms with Crippen LogP contribution in [-0.2, 0) is 32.6 Å². The largest absolute Gasteiger partial charge is 0.496 e. The standard InChI is InChI=1S/C46H66N6O6S/c1-12-37-29(3)58-52(42(37)45(54)48-41-25-34-24-39(28(41)2)46(34,4)5)26-31-17-15-18-38(43(31)57-10)32-20-33(23-36(22-32)51(8)9)44(53)47-35(27-50(6)7)21-30-16-13-14-19-40(30)49-59(11,55)56/h13-20,22-23,28-29,34-35,37,39,41-42,49H,12,21,24-27H2,1-11H3,(H,47,53)(H,48,54)/t28-,29-,34+,35-,37-,39-,41-,42-/m0/s1. The van der Waals surface area contributed by atoms with Gasteiger partial charge in [-0.2, -0.15) is 5.06 Å². The Labute approximate surface area is 352 Å². The van der Waals surface area contributed by atoms with Gasteiger partial charge in [0.05, 0.1) is 31.7 Å². The average Bonchev–Trinajstić information content (AvgIpc) is 3.48. The monoisotopic (exact) mass is 830 g/mol. The van der Waals surface area contributed by atoms with Crippen LogP contribution in [0.3, 0.4) is 0 Å². The number of amides is 2. The minimum absolute atomic E-state index is 0.0318. The summed E-state index contributed by atoms with van der Waals surface area (Å²) in [6, 6.07) is 18.4. The molecule has 4 aliphatic rings. The zero-order valence-electron chi connectivity index (χ0n) is 36.8. The third-order valence-electron chi connectivity index (χ3n) is 13.4. The Kier molecular flexibility index (Phi) is 13.4. The van der Waals surface area contributed by atoms with Gasteiger partial charge in [0.2, 0.25) is 15.9 Å². The van der Waals surface area contributed by atoms with Crippen molar-refractivity contribution in [3.8, 4) is 16.9 Å². The van der Waals surface area contributed by atoms with E-state index in [0.717, 1.165) is 47.0 Å². The van der Waals surface area contributed by atoms with Crippen LogP contribution in [0.25, 0.3) is 11.1 Å². The number of sulfonamides is 1. The fraction of sp³-hybridized carbons (Fsp3) is 0.565. The van der Waals surface area contributed by atoms with Gasteiger partial charge in [-0.15, -0.1) is 0 Å². The molecule has 1 aliphatic heterocycles. The van der Waals surface area contributed by atoms with Crippen LogP contribution in [0.5, 0.6) is 5.75 Å². The van der Waals surface area contributed by atoms with Crippen LogP contribution in [0.4, 0.5) is 11.4 Å². The van der Waals surface area contributed by atoms with Crippen LogP contribution in [0.1, 0.15) is 75.4 Å². The fourth-order valence-electron chi connectivity index (χ4n) is 10.1. The number of rotatable bonds is 16. The smallest absolute Gasteiger partial charge is 0.251 e. The first-order valence-electron chi connectivity index (χ1n) is 21.0. The second-order valence-corrected chi connectivity index (χ2v) is 20.1. The van der Waals surface area contributed by atoms with Crippen molar-refractivity contribution in [1.29, 1.82) is 0 Å². The highest BCUT2D eigenvalue weighted by atomic mass is 32.2. The van der Waals surface area contributed by atoms with Gasteiger partial charge >= 0.3 is 0 Å². The second kappa shape index (κ2) is 17.8. The van der Waals surface area contributed by atoms with Crippen molar-refractivity contribution in [3.63, 3.8) is 0 Å². The minimum atomic E-state index is -3.50. The Hall–Kier alpha value is -4.17. The number of carbonyl (C=O) groups excluding carboxylic acids is 2. The summed E-state index contributed by atoms with van der Waals surface area (Å²) >= 11 is 0. The first-order valence-corrected chi connectivity index (χ1v) is 22.9. The molecule has 2 amide bonds. The first-order chi connectivity index (χ1) is 27.8. The molecule has 3 N–H and O–H groups in total. The maximum atomic E-state index is 14.3. The lowest BCUT2D eigenvalue weighted by atomic mass is 9.45. The third kappa shape index (κ3) is 9.74. The van der Waals surface area contributed by atoms with Gasteiger partial charge in [-0.1, -0.05) is 64.1 Å². The Bertz CT molecular complexity index is 2110. The predicted octanol–water partition coefficient (Wildman–Crippen LogP) is 6.42. The molecule has 4 fully saturated rings. The summed E-state index contributed by atoms with van der Waals surface area (Å²) in [5.74, 6) is 2.15. The van der Waals surface area contributed by atoms with Crippen LogP contribution in [0.15, 0.2) is 60.7 Å². The van der Waals surface area contributed by atoms with Gasteiger partial charge in [-0.05, 0) is 105 Å². The maximum Gasteiger partial charge on any atom is 0.251 e. The molecule has 0 spiro atoms. The Morgan fingerprint density at radius 2 is 1.71 bits per heavy atom. The SMILES string of the molecule is CC[C@H]1[C@H](C)ON(Cc2cccc(-c3cc(C(=O)N[C@@H](Cc4ccccc4NS(C)(=O)=O)CN(C)C)cc(N(C)C)c3)c2OC)[C@@H]1C(=O)N[C@H]1C[C@H]2C[C@@H]([C@@H]1C)C2(C)C. The Balaban J connectivity index is 1.26. The van der Waals surface area contributed by atoms with Crippen molar-refractivity contribution >= 4 is 33.2 Å². The van der Waals surface area contributed by atoms with Gasteiger partial charge in [0, 0.05) is 61.0 Å². The highest BCUT2D eigenvalue weighted by Crippen LogP contribution is 2.61. The summed E-state index contributed by atoms with van der Waals surface area (Å²) in [5.41, 5.74) is 5.40. The molecule has 12 nitrogen and oxygen atoms in total. The van der Waals surface area contributed by atoms with Crippen molar-refractivity contribution in [2.24, 2.45) is 29.1 Å². The molecule has 7 rings (SSSR count). The van der Waals surface area contributed by atoms with E-state index in [1.807, 2.05) is 91.6 Å². The lowest BCUT2D eigenvalue weighted by Crippen LogP contribution is -2.62. The normalized spacial score (nSPS) is 25.5. The molecule has 3 aromatic rings. The number of methoxy groups -OCH3 is 1. The van der Waals surface area contributed by atoms with E-state index in [1.54, 1.807) is 19.2 Å². The van der Waals surface area contributed by atoms with Crippen molar-refractivity contribution in [1.82, 2.24) is 20.6 Å². The highest BCUT2D eigenvalue weighted by Gasteiger charge is 2.57. The van der Waals surface area contributed by atoms with E-state index in [1.165, 1.54) is 6.42 Å². The maximum absolute atomic E-state index is 14.3. The van der Waals surface area contributed by atoms with E-state index in [0.29, 0.717) is 59.7 Å². The molecule has 0 aromatic heterocycles. The molecule has 3 aliphatic carbocycles. The highest BCUT2D eigenvalue weighted by molar-refractivity contribution is 7.92. The van der Waals surface area contributed by atoms with Crippen molar-refractivity contribution in [3.05, 3.63) is 77.4 Å². The van der Waals surface area contributed by atoms with E-state index in [9.17, 15) is 18.0 Å². The summed E-state index contributed by atoms with van der Waals surface area (Å²) in [6.07, 6.45) is 4.50.